The Morgan fingerprint density at radius 2 is 1.85 bits per heavy atom. The highest BCUT2D eigenvalue weighted by Gasteiger charge is 2.62. The Balaban J connectivity index is 1.77. The molecule has 4 nitrogen and oxygen atoms in total. The lowest BCUT2D eigenvalue weighted by atomic mass is 9.42. The van der Waals surface area contributed by atoms with Crippen molar-refractivity contribution in [2.75, 3.05) is 13.2 Å². The molecule has 0 bridgehead atoms. The Labute approximate surface area is 201 Å². The number of fused-ring (bicyclic) bond motifs is 1. The number of aliphatic hydroxyl groups is 2. The van der Waals surface area contributed by atoms with Crippen molar-refractivity contribution in [3.05, 3.63) is 35.8 Å². The van der Waals surface area contributed by atoms with Crippen LogP contribution in [0, 0.1) is 33.5 Å². The van der Waals surface area contributed by atoms with Crippen molar-refractivity contribution in [2.45, 2.75) is 98.6 Å². The lowest BCUT2D eigenvalue weighted by Crippen LogP contribution is -2.60. The van der Waals surface area contributed by atoms with Crippen molar-refractivity contribution >= 4 is 0 Å². The fraction of sp³-hybridized carbons (Fsp3) is 0.793. The van der Waals surface area contributed by atoms with Crippen LogP contribution in [-0.4, -0.2) is 35.5 Å². The summed E-state index contributed by atoms with van der Waals surface area (Å²) in [6.07, 6.45) is 11.1. The second kappa shape index (κ2) is 8.53. The topological polar surface area (TPSA) is 65.6 Å². The van der Waals surface area contributed by atoms with Crippen molar-refractivity contribution in [3.63, 3.8) is 0 Å². The molecule has 186 valence electrons. The van der Waals surface area contributed by atoms with Gasteiger partial charge in [-0.3, -0.25) is 0 Å². The molecule has 4 heteroatoms. The van der Waals surface area contributed by atoms with E-state index in [0.29, 0.717) is 17.9 Å². The highest BCUT2D eigenvalue weighted by molar-refractivity contribution is 5.39. The Bertz CT molecular complexity index is 858. The quantitative estimate of drug-likeness (QED) is 0.465. The molecule has 0 amide bonds. The third-order valence-corrected chi connectivity index (χ3v) is 10.6. The van der Waals surface area contributed by atoms with E-state index >= 15 is 0 Å². The van der Waals surface area contributed by atoms with Gasteiger partial charge in [-0.15, -0.1) is 0 Å². The minimum atomic E-state index is -0.354. The van der Waals surface area contributed by atoms with E-state index in [1.54, 1.807) is 5.57 Å². The van der Waals surface area contributed by atoms with Crippen LogP contribution in [0.3, 0.4) is 0 Å². The summed E-state index contributed by atoms with van der Waals surface area (Å²) < 4.78 is 5.49. The summed E-state index contributed by atoms with van der Waals surface area (Å²) in [4.78, 5) is 0. The van der Waals surface area contributed by atoms with Gasteiger partial charge in [-0.05, 0) is 77.7 Å². The molecule has 3 N–H and O–H groups in total. The molecule has 2 unspecified atom stereocenters. The molecule has 2 saturated carbocycles. The number of furan rings is 1. The number of hydrogen-bond donors (Lipinski definition) is 3. The molecular weight excluding hydrogens is 410 g/mol. The van der Waals surface area contributed by atoms with Gasteiger partial charge in [0, 0.05) is 24.6 Å². The molecule has 3 aliphatic carbocycles. The molecule has 0 saturated heterocycles. The molecule has 33 heavy (non-hydrogen) atoms. The van der Waals surface area contributed by atoms with Crippen LogP contribution in [0.1, 0.15) is 92.1 Å². The first-order valence-electron chi connectivity index (χ1n) is 13.2. The molecule has 0 aromatic carbocycles. The van der Waals surface area contributed by atoms with Gasteiger partial charge >= 0.3 is 0 Å². The van der Waals surface area contributed by atoms with Crippen LogP contribution in [0.4, 0.5) is 0 Å². The zero-order valence-corrected chi connectivity index (χ0v) is 21.9. The van der Waals surface area contributed by atoms with Crippen molar-refractivity contribution in [1.29, 1.82) is 0 Å². The average Bonchev–Trinajstić information content (AvgIpc) is 3.38. The molecular formula is C29H47NO3. The fourth-order valence-corrected chi connectivity index (χ4v) is 8.67. The standard InChI is InChI=1S/C29H47NO3/c1-19(2)30-18-29(7)22-9-8-21(20-12-15-33-17-20)27(22,5)13-10-23(29)28(6)14-11-25(32)26(3,4)24(28)16-31/h9,12,15,17,19,21,23-25,30-32H,8,10-11,13-14,16,18H2,1-7H3/t21-,23?,24-,25+,27-,28+,29?/m0/s1. The second-order valence-corrected chi connectivity index (χ2v) is 13.0. The molecule has 0 radical (unpaired) electrons. The Morgan fingerprint density at radius 1 is 1.12 bits per heavy atom. The first-order chi connectivity index (χ1) is 15.4. The summed E-state index contributed by atoms with van der Waals surface area (Å²) in [5.41, 5.74) is 2.73. The maximum Gasteiger partial charge on any atom is 0.0937 e. The molecule has 0 spiro atoms. The average molecular weight is 458 g/mol. The van der Waals surface area contributed by atoms with Crippen molar-refractivity contribution in [2.24, 2.45) is 33.5 Å². The van der Waals surface area contributed by atoms with Crippen LogP contribution in [0.15, 0.2) is 34.7 Å². The van der Waals surface area contributed by atoms with E-state index < -0.39 is 0 Å². The molecule has 2 fully saturated rings. The number of rotatable bonds is 6. The number of nitrogens with one attached hydrogen (secondary N) is 1. The minimum Gasteiger partial charge on any atom is -0.472 e. The maximum absolute atomic E-state index is 10.9. The largest absolute Gasteiger partial charge is 0.472 e. The normalized spacial score (nSPS) is 42.9. The van der Waals surface area contributed by atoms with Crippen molar-refractivity contribution < 1.29 is 14.6 Å². The van der Waals surface area contributed by atoms with Crippen LogP contribution in [0.25, 0.3) is 0 Å². The summed E-state index contributed by atoms with van der Waals surface area (Å²) in [7, 11) is 0. The van der Waals surface area contributed by atoms with E-state index in [4.69, 9.17) is 4.42 Å². The van der Waals surface area contributed by atoms with E-state index in [0.717, 1.165) is 38.6 Å². The summed E-state index contributed by atoms with van der Waals surface area (Å²) >= 11 is 0. The molecule has 4 rings (SSSR count). The smallest absolute Gasteiger partial charge is 0.0937 e. The first kappa shape index (κ1) is 25.0. The second-order valence-electron chi connectivity index (χ2n) is 13.0. The van der Waals surface area contributed by atoms with Gasteiger partial charge in [-0.1, -0.05) is 60.1 Å². The molecule has 1 aromatic rings. The van der Waals surface area contributed by atoms with Gasteiger partial charge in [0.25, 0.3) is 0 Å². The van der Waals surface area contributed by atoms with Gasteiger partial charge < -0.3 is 19.9 Å². The Morgan fingerprint density at radius 3 is 2.45 bits per heavy atom. The number of allylic oxidation sites excluding steroid dienone is 1. The predicted octanol–water partition coefficient (Wildman–Crippen LogP) is 5.91. The maximum atomic E-state index is 10.9. The third-order valence-electron chi connectivity index (χ3n) is 10.6. The van der Waals surface area contributed by atoms with Crippen LogP contribution in [0.5, 0.6) is 0 Å². The number of hydrogen-bond acceptors (Lipinski definition) is 4. The minimum absolute atomic E-state index is 0.00367. The monoisotopic (exact) mass is 457 g/mol. The van der Waals surface area contributed by atoms with Gasteiger partial charge in [0.05, 0.1) is 18.6 Å². The summed E-state index contributed by atoms with van der Waals surface area (Å²) in [5.74, 6) is 0.993. The highest BCUT2D eigenvalue weighted by atomic mass is 16.3. The molecule has 7 atom stereocenters. The molecule has 1 aromatic heterocycles. The van der Waals surface area contributed by atoms with Gasteiger partial charge in [0.2, 0.25) is 0 Å². The van der Waals surface area contributed by atoms with E-state index in [1.165, 1.54) is 5.56 Å². The van der Waals surface area contributed by atoms with E-state index in [2.05, 4.69) is 65.9 Å². The van der Waals surface area contributed by atoms with Crippen LogP contribution >= 0.6 is 0 Å². The highest BCUT2D eigenvalue weighted by Crippen LogP contribution is 2.69. The summed E-state index contributed by atoms with van der Waals surface area (Å²) in [5, 5.41) is 25.3. The Kier molecular flexibility index (Phi) is 6.47. The van der Waals surface area contributed by atoms with Crippen LogP contribution in [0.2, 0.25) is 0 Å². The van der Waals surface area contributed by atoms with E-state index in [9.17, 15) is 10.2 Å². The number of aliphatic hydroxyl groups excluding tert-OH is 2. The van der Waals surface area contributed by atoms with Crippen LogP contribution in [-0.2, 0) is 0 Å². The molecule has 1 heterocycles. The van der Waals surface area contributed by atoms with Gasteiger partial charge in [-0.2, -0.15) is 0 Å². The van der Waals surface area contributed by atoms with Gasteiger partial charge in [0.1, 0.15) is 0 Å². The SMILES string of the molecule is CC(C)NCC1(C)C2=CC[C@@H](c3ccoc3)[C@]2(C)CCC1[C@@]1(C)CC[C@@H](O)C(C)(C)[C@@H]1CO. The van der Waals surface area contributed by atoms with Gasteiger partial charge in [-0.25, -0.2) is 0 Å². The summed E-state index contributed by atoms with van der Waals surface area (Å²) in [6, 6.07) is 2.57. The Hall–Kier alpha value is -1.10. The zero-order chi connectivity index (χ0) is 24.2. The van der Waals surface area contributed by atoms with Crippen molar-refractivity contribution in [1.82, 2.24) is 5.32 Å². The lowest BCUT2D eigenvalue weighted by molar-refractivity contribution is -0.157. The first-order valence-corrected chi connectivity index (χ1v) is 13.2. The lowest BCUT2D eigenvalue weighted by Gasteiger charge is -2.63. The van der Waals surface area contributed by atoms with E-state index in [-0.39, 0.29) is 40.3 Å². The van der Waals surface area contributed by atoms with E-state index in [1.807, 2.05) is 12.5 Å². The summed E-state index contributed by atoms with van der Waals surface area (Å²) in [6.45, 7) is 17.3. The van der Waals surface area contributed by atoms with Crippen molar-refractivity contribution in [3.8, 4) is 0 Å². The fourth-order valence-electron chi connectivity index (χ4n) is 8.67. The molecule has 3 aliphatic rings. The van der Waals surface area contributed by atoms with Crippen LogP contribution < -0.4 is 5.32 Å². The van der Waals surface area contributed by atoms with Gasteiger partial charge in [0.15, 0.2) is 0 Å². The molecule has 0 aliphatic heterocycles. The zero-order valence-electron chi connectivity index (χ0n) is 21.9. The third kappa shape index (κ3) is 3.76. The predicted molar refractivity (Wildman–Crippen MR) is 134 cm³/mol.